The number of fused-ring (bicyclic) bond motifs is 1. The number of anilines is 1. The molecule has 2 aliphatic rings. The van der Waals surface area contributed by atoms with E-state index in [1.807, 2.05) is 25.7 Å². The number of ether oxygens (including phenoxy) is 1. The molecule has 2 saturated heterocycles. The van der Waals surface area contributed by atoms with E-state index in [1.54, 1.807) is 4.90 Å². The molecule has 0 aliphatic carbocycles. The minimum Gasteiger partial charge on any atom is -0.444 e. The highest BCUT2D eigenvalue weighted by Crippen LogP contribution is 2.35. The predicted octanol–water partition coefficient (Wildman–Crippen LogP) is 2.94. The lowest BCUT2D eigenvalue weighted by Crippen LogP contribution is -2.39. The summed E-state index contributed by atoms with van der Waals surface area (Å²) < 4.78 is 43.2. The summed E-state index contributed by atoms with van der Waals surface area (Å²) in [5.41, 5.74) is -1.57. The highest BCUT2D eigenvalue weighted by atomic mass is 19.4. The summed E-state index contributed by atoms with van der Waals surface area (Å²) >= 11 is 0. The Morgan fingerprint density at radius 3 is 2.48 bits per heavy atom. The second kappa shape index (κ2) is 6.03. The van der Waals surface area contributed by atoms with Gasteiger partial charge < -0.3 is 14.5 Å². The number of rotatable bonds is 1. The number of hydrogen-bond donors (Lipinski definition) is 0. The van der Waals surface area contributed by atoms with Gasteiger partial charge in [-0.25, -0.2) is 14.8 Å². The van der Waals surface area contributed by atoms with Gasteiger partial charge >= 0.3 is 12.3 Å². The first-order chi connectivity index (χ1) is 11.5. The summed E-state index contributed by atoms with van der Waals surface area (Å²) in [6.45, 7) is 7.19. The maximum Gasteiger partial charge on any atom is 0.434 e. The Morgan fingerprint density at radius 2 is 1.92 bits per heavy atom. The van der Waals surface area contributed by atoms with Crippen LogP contribution in [0.3, 0.4) is 0 Å². The third-order valence-corrected chi connectivity index (χ3v) is 4.42. The molecule has 6 nitrogen and oxygen atoms in total. The van der Waals surface area contributed by atoms with Crippen molar-refractivity contribution >= 4 is 11.9 Å². The topological polar surface area (TPSA) is 58.6 Å². The van der Waals surface area contributed by atoms with Gasteiger partial charge in [-0.2, -0.15) is 13.2 Å². The maximum atomic E-state index is 12.6. The summed E-state index contributed by atoms with van der Waals surface area (Å²) in [5.74, 6) is 0.670. The molecule has 9 heteroatoms. The van der Waals surface area contributed by atoms with Crippen LogP contribution < -0.4 is 4.90 Å². The number of halogens is 3. The number of amides is 1. The molecule has 2 atom stereocenters. The second-order valence-electron chi connectivity index (χ2n) is 7.45. The van der Waals surface area contributed by atoms with Crippen LogP contribution in [-0.4, -0.2) is 52.2 Å². The van der Waals surface area contributed by atoms with Crippen molar-refractivity contribution in [3.8, 4) is 0 Å². The fraction of sp³-hybridized carbons (Fsp3) is 0.688. The third-order valence-electron chi connectivity index (χ3n) is 4.42. The van der Waals surface area contributed by atoms with Crippen LogP contribution in [0.1, 0.15) is 32.9 Å². The lowest BCUT2D eigenvalue weighted by Gasteiger charge is -2.27. The normalized spacial score (nSPS) is 23.8. The second-order valence-corrected chi connectivity index (χ2v) is 7.45. The zero-order chi connectivity index (χ0) is 18.4. The zero-order valence-corrected chi connectivity index (χ0v) is 14.4. The average Bonchev–Trinajstić information content (AvgIpc) is 3.04. The molecule has 0 aromatic carbocycles. The maximum absolute atomic E-state index is 12.6. The average molecular weight is 358 g/mol. The van der Waals surface area contributed by atoms with E-state index >= 15 is 0 Å². The largest absolute Gasteiger partial charge is 0.444 e. The molecule has 1 aromatic heterocycles. The van der Waals surface area contributed by atoms with Crippen molar-refractivity contribution in [2.24, 2.45) is 5.92 Å². The summed E-state index contributed by atoms with van der Waals surface area (Å²) in [5, 5.41) is 0. The third kappa shape index (κ3) is 3.80. The lowest BCUT2D eigenvalue weighted by molar-refractivity contribution is -0.141. The van der Waals surface area contributed by atoms with Gasteiger partial charge in [0.2, 0.25) is 0 Å². The Labute approximate surface area is 144 Å². The molecule has 25 heavy (non-hydrogen) atoms. The van der Waals surface area contributed by atoms with Crippen molar-refractivity contribution in [2.45, 2.75) is 45.0 Å². The van der Waals surface area contributed by atoms with Crippen LogP contribution in [0.15, 0.2) is 12.4 Å². The number of aromatic nitrogens is 2. The van der Waals surface area contributed by atoms with Crippen molar-refractivity contribution in [3.63, 3.8) is 0 Å². The SMILES string of the molecule is CC(C)(C)OC(=O)N1CC2CCN(c3cnc(C(F)(F)F)cn3)C2C1. The quantitative estimate of drug-likeness (QED) is 0.773. The van der Waals surface area contributed by atoms with Crippen molar-refractivity contribution in [1.82, 2.24) is 14.9 Å². The van der Waals surface area contributed by atoms with Crippen LogP contribution in [0.4, 0.5) is 23.8 Å². The van der Waals surface area contributed by atoms with Gasteiger partial charge in [-0.3, -0.25) is 0 Å². The zero-order valence-electron chi connectivity index (χ0n) is 14.4. The summed E-state index contributed by atoms with van der Waals surface area (Å²) in [6, 6.07) is 0.0264. The van der Waals surface area contributed by atoms with Gasteiger partial charge in [-0.15, -0.1) is 0 Å². The van der Waals surface area contributed by atoms with Gasteiger partial charge in [0.25, 0.3) is 0 Å². The Balaban J connectivity index is 1.69. The molecule has 0 saturated carbocycles. The highest BCUT2D eigenvalue weighted by Gasteiger charge is 2.44. The first-order valence-corrected chi connectivity index (χ1v) is 8.18. The van der Waals surface area contributed by atoms with Crippen molar-refractivity contribution in [2.75, 3.05) is 24.5 Å². The Bertz CT molecular complexity index is 642. The fourth-order valence-electron chi connectivity index (χ4n) is 3.34. The van der Waals surface area contributed by atoms with E-state index in [0.29, 0.717) is 25.5 Å². The van der Waals surface area contributed by atoms with Crippen LogP contribution in [0.2, 0.25) is 0 Å². The number of hydrogen-bond acceptors (Lipinski definition) is 5. The predicted molar refractivity (Wildman–Crippen MR) is 84.1 cm³/mol. The van der Waals surface area contributed by atoms with E-state index in [1.165, 1.54) is 0 Å². The molecule has 2 unspecified atom stereocenters. The van der Waals surface area contributed by atoms with Gasteiger partial charge in [-0.1, -0.05) is 0 Å². The molecular formula is C16H21F3N4O2. The van der Waals surface area contributed by atoms with E-state index in [4.69, 9.17) is 4.74 Å². The monoisotopic (exact) mass is 358 g/mol. The molecule has 0 bridgehead atoms. The number of carbonyl (C=O) groups excluding carboxylic acids is 1. The fourth-order valence-corrected chi connectivity index (χ4v) is 3.34. The number of carbonyl (C=O) groups is 1. The van der Waals surface area contributed by atoms with Gasteiger partial charge in [0, 0.05) is 25.6 Å². The van der Waals surface area contributed by atoms with Gasteiger partial charge in [0.05, 0.1) is 18.4 Å². The minimum atomic E-state index is -4.50. The molecule has 1 amide bonds. The standard InChI is InChI=1S/C16H21F3N4O2/c1-15(2,3)25-14(24)22-8-10-4-5-23(11(10)9-22)13-7-20-12(6-21-13)16(17,18)19/h6-7,10-11H,4-5,8-9H2,1-3H3. The van der Waals surface area contributed by atoms with Gasteiger partial charge in [-0.05, 0) is 27.2 Å². The molecule has 2 fully saturated rings. The molecule has 2 aliphatic heterocycles. The highest BCUT2D eigenvalue weighted by molar-refractivity contribution is 5.69. The molecule has 0 radical (unpaired) electrons. The van der Waals surface area contributed by atoms with Crippen LogP contribution >= 0.6 is 0 Å². The van der Waals surface area contributed by atoms with Crippen LogP contribution in [0.25, 0.3) is 0 Å². The molecule has 1 aromatic rings. The summed E-state index contributed by atoms with van der Waals surface area (Å²) in [4.78, 5) is 23.2. The van der Waals surface area contributed by atoms with Gasteiger partial charge in [0.1, 0.15) is 11.4 Å². The Hall–Kier alpha value is -2.06. The molecule has 138 valence electrons. The Morgan fingerprint density at radius 1 is 1.20 bits per heavy atom. The van der Waals surface area contributed by atoms with Crippen LogP contribution in [0.5, 0.6) is 0 Å². The number of nitrogens with zero attached hydrogens (tertiary/aromatic N) is 4. The number of likely N-dealkylation sites (tertiary alicyclic amines) is 1. The first-order valence-electron chi connectivity index (χ1n) is 8.18. The van der Waals surface area contributed by atoms with Crippen molar-refractivity contribution < 1.29 is 22.7 Å². The minimum absolute atomic E-state index is 0.0264. The van der Waals surface area contributed by atoms with E-state index in [2.05, 4.69) is 9.97 Å². The van der Waals surface area contributed by atoms with E-state index in [9.17, 15) is 18.0 Å². The molecule has 0 spiro atoms. The molecular weight excluding hydrogens is 337 g/mol. The first kappa shape index (κ1) is 17.8. The smallest absolute Gasteiger partial charge is 0.434 e. The lowest BCUT2D eigenvalue weighted by atomic mass is 10.1. The summed E-state index contributed by atoms with van der Waals surface area (Å²) in [7, 11) is 0. The number of alkyl halides is 3. The van der Waals surface area contributed by atoms with Crippen molar-refractivity contribution in [3.05, 3.63) is 18.1 Å². The van der Waals surface area contributed by atoms with Crippen molar-refractivity contribution in [1.29, 1.82) is 0 Å². The van der Waals surface area contributed by atoms with E-state index < -0.39 is 17.5 Å². The van der Waals surface area contributed by atoms with Crippen LogP contribution in [-0.2, 0) is 10.9 Å². The van der Waals surface area contributed by atoms with E-state index in [-0.39, 0.29) is 18.1 Å². The van der Waals surface area contributed by atoms with Crippen LogP contribution in [0, 0.1) is 5.92 Å². The molecule has 0 N–H and O–H groups in total. The molecule has 3 heterocycles. The molecule has 3 rings (SSSR count). The Kier molecular flexibility index (Phi) is 4.28. The van der Waals surface area contributed by atoms with E-state index in [0.717, 1.165) is 18.8 Å². The summed E-state index contributed by atoms with van der Waals surface area (Å²) in [6.07, 6.45) is -2.10. The van der Waals surface area contributed by atoms with Gasteiger partial charge in [0.15, 0.2) is 5.69 Å².